The van der Waals surface area contributed by atoms with Crippen LogP contribution in [0.4, 0.5) is 11.5 Å². The highest BCUT2D eigenvalue weighted by atomic mass is 16.5. The van der Waals surface area contributed by atoms with Gasteiger partial charge in [-0.25, -0.2) is 0 Å². The first-order valence-corrected chi connectivity index (χ1v) is 6.14. The Morgan fingerprint density at radius 2 is 2.18 bits per heavy atom. The zero-order chi connectivity index (χ0) is 12.6. The van der Waals surface area contributed by atoms with E-state index < -0.39 is 0 Å². The molecule has 96 valence electrons. The molecule has 0 atom stereocenters. The minimum absolute atomic E-state index is 0.0365. The van der Waals surface area contributed by atoms with Crippen molar-refractivity contribution in [2.75, 3.05) is 30.4 Å². The fraction of sp³-hybridized carbons (Fsp3) is 0.750. The molecule has 0 radical (unpaired) electrons. The zero-order valence-corrected chi connectivity index (χ0v) is 11.2. The number of aryl methyl sites for hydroxylation is 2. The third kappa shape index (κ3) is 1.99. The number of aromatic nitrogens is 2. The van der Waals surface area contributed by atoms with Crippen LogP contribution < -0.4 is 10.6 Å². The molecule has 1 fully saturated rings. The topological polar surface area (TPSA) is 56.3 Å². The normalized spacial score (nSPS) is 19.6. The van der Waals surface area contributed by atoms with E-state index in [-0.39, 0.29) is 5.54 Å². The molecular weight excluding hydrogens is 216 g/mol. The molecule has 1 saturated heterocycles. The minimum atomic E-state index is -0.0365. The molecule has 0 saturated carbocycles. The summed E-state index contributed by atoms with van der Waals surface area (Å²) in [6.45, 7) is 8.75. The molecule has 1 aliphatic heterocycles. The van der Waals surface area contributed by atoms with Gasteiger partial charge in [-0.3, -0.25) is 4.68 Å². The lowest BCUT2D eigenvalue weighted by molar-refractivity contribution is 0.0635. The van der Waals surface area contributed by atoms with Crippen LogP contribution in [0.25, 0.3) is 0 Å². The van der Waals surface area contributed by atoms with Gasteiger partial charge in [-0.1, -0.05) is 6.92 Å². The Morgan fingerprint density at radius 3 is 2.71 bits per heavy atom. The fourth-order valence-corrected chi connectivity index (χ4v) is 2.42. The smallest absolute Gasteiger partial charge is 0.151 e. The van der Waals surface area contributed by atoms with Gasteiger partial charge in [0.25, 0.3) is 0 Å². The Labute approximate surface area is 103 Å². The van der Waals surface area contributed by atoms with Crippen LogP contribution in [0.1, 0.15) is 26.5 Å². The standard InChI is InChI=1S/C12H22N4O/c1-5-9-10(13)11(15(4)14-9)16-6-7-17-8-12(16,2)3/h5-8,13H2,1-4H3. The number of nitrogens with two attached hydrogens (primary N) is 1. The van der Waals surface area contributed by atoms with Crippen LogP contribution in [0.3, 0.4) is 0 Å². The number of nitrogens with zero attached hydrogens (tertiary/aromatic N) is 3. The van der Waals surface area contributed by atoms with Crippen LogP contribution >= 0.6 is 0 Å². The van der Waals surface area contributed by atoms with Gasteiger partial charge in [-0.2, -0.15) is 5.10 Å². The van der Waals surface area contributed by atoms with E-state index in [0.717, 1.165) is 43.4 Å². The highest BCUT2D eigenvalue weighted by Gasteiger charge is 2.34. The van der Waals surface area contributed by atoms with E-state index in [1.807, 2.05) is 11.7 Å². The van der Waals surface area contributed by atoms with Crippen LogP contribution in [0.2, 0.25) is 0 Å². The Morgan fingerprint density at radius 1 is 1.47 bits per heavy atom. The molecule has 0 aliphatic carbocycles. The molecule has 17 heavy (non-hydrogen) atoms. The monoisotopic (exact) mass is 238 g/mol. The Balaban J connectivity index is 2.42. The van der Waals surface area contributed by atoms with E-state index in [1.54, 1.807) is 0 Å². The molecule has 2 N–H and O–H groups in total. The van der Waals surface area contributed by atoms with E-state index in [0.29, 0.717) is 0 Å². The maximum atomic E-state index is 6.20. The van der Waals surface area contributed by atoms with Crippen LogP contribution in [0, 0.1) is 0 Å². The molecule has 0 unspecified atom stereocenters. The lowest BCUT2D eigenvalue weighted by Crippen LogP contribution is -2.54. The lowest BCUT2D eigenvalue weighted by atomic mass is 10.0. The Hall–Kier alpha value is -1.23. The van der Waals surface area contributed by atoms with Gasteiger partial charge in [0.2, 0.25) is 0 Å². The first kappa shape index (κ1) is 12.2. The number of morpholine rings is 1. The molecule has 0 bridgehead atoms. The van der Waals surface area contributed by atoms with Gasteiger partial charge < -0.3 is 15.4 Å². The summed E-state index contributed by atoms with van der Waals surface area (Å²) in [5.41, 5.74) is 7.95. The summed E-state index contributed by atoms with van der Waals surface area (Å²) in [5.74, 6) is 1.02. The van der Waals surface area contributed by atoms with E-state index >= 15 is 0 Å². The maximum absolute atomic E-state index is 6.20. The second kappa shape index (κ2) is 4.22. The van der Waals surface area contributed by atoms with Crippen LogP contribution in [0.5, 0.6) is 0 Å². The Bertz CT molecular complexity index is 411. The predicted octanol–water partition coefficient (Wildman–Crippen LogP) is 1.18. The van der Waals surface area contributed by atoms with Crippen molar-refractivity contribution in [2.24, 2.45) is 7.05 Å². The second-order valence-corrected chi connectivity index (χ2v) is 5.18. The summed E-state index contributed by atoms with van der Waals surface area (Å²) in [6, 6.07) is 0. The van der Waals surface area contributed by atoms with Gasteiger partial charge in [0.05, 0.1) is 30.1 Å². The fourth-order valence-electron chi connectivity index (χ4n) is 2.42. The maximum Gasteiger partial charge on any atom is 0.151 e. The third-order valence-electron chi connectivity index (χ3n) is 3.36. The first-order chi connectivity index (χ1) is 7.97. The number of rotatable bonds is 2. The molecular formula is C12H22N4O. The Kier molecular flexibility index (Phi) is 3.03. The predicted molar refractivity (Wildman–Crippen MR) is 69.2 cm³/mol. The average Bonchev–Trinajstić information content (AvgIpc) is 2.54. The van der Waals surface area contributed by atoms with Crippen molar-refractivity contribution in [2.45, 2.75) is 32.7 Å². The number of nitrogen functional groups attached to an aromatic ring is 1. The molecule has 1 aromatic heterocycles. The van der Waals surface area contributed by atoms with Gasteiger partial charge in [-0.05, 0) is 20.3 Å². The van der Waals surface area contributed by atoms with Crippen LogP contribution in [0.15, 0.2) is 0 Å². The third-order valence-corrected chi connectivity index (χ3v) is 3.36. The minimum Gasteiger partial charge on any atom is -0.394 e. The van der Waals surface area contributed by atoms with Crippen molar-refractivity contribution in [3.63, 3.8) is 0 Å². The molecule has 0 spiro atoms. The summed E-state index contributed by atoms with van der Waals surface area (Å²) in [6.07, 6.45) is 0.866. The number of anilines is 2. The van der Waals surface area contributed by atoms with Crippen molar-refractivity contribution >= 4 is 11.5 Å². The number of hydrogen-bond donors (Lipinski definition) is 1. The van der Waals surface area contributed by atoms with Gasteiger partial charge in [-0.15, -0.1) is 0 Å². The molecule has 5 nitrogen and oxygen atoms in total. The van der Waals surface area contributed by atoms with Gasteiger partial charge in [0.15, 0.2) is 5.82 Å². The summed E-state index contributed by atoms with van der Waals surface area (Å²) in [5, 5.41) is 4.48. The van der Waals surface area contributed by atoms with Crippen molar-refractivity contribution in [1.82, 2.24) is 9.78 Å². The summed E-state index contributed by atoms with van der Waals surface area (Å²) in [4.78, 5) is 2.30. The van der Waals surface area contributed by atoms with Gasteiger partial charge >= 0.3 is 0 Å². The molecule has 2 heterocycles. The van der Waals surface area contributed by atoms with E-state index in [4.69, 9.17) is 10.5 Å². The van der Waals surface area contributed by atoms with Crippen LogP contribution in [-0.2, 0) is 18.2 Å². The SMILES string of the molecule is CCc1nn(C)c(N2CCOCC2(C)C)c1N. The van der Waals surface area contributed by atoms with Crippen molar-refractivity contribution < 1.29 is 4.74 Å². The lowest BCUT2D eigenvalue weighted by Gasteiger charge is -2.43. The summed E-state index contributed by atoms with van der Waals surface area (Å²) >= 11 is 0. The highest BCUT2D eigenvalue weighted by molar-refractivity contribution is 5.67. The summed E-state index contributed by atoms with van der Waals surface area (Å²) in [7, 11) is 1.95. The quantitative estimate of drug-likeness (QED) is 0.840. The van der Waals surface area contributed by atoms with E-state index in [2.05, 4.69) is 30.8 Å². The average molecular weight is 238 g/mol. The highest BCUT2D eigenvalue weighted by Crippen LogP contribution is 2.33. The van der Waals surface area contributed by atoms with Gasteiger partial charge in [0, 0.05) is 13.6 Å². The van der Waals surface area contributed by atoms with Crippen molar-refractivity contribution in [3.05, 3.63) is 5.69 Å². The van der Waals surface area contributed by atoms with E-state index in [1.165, 1.54) is 0 Å². The molecule has 1 aromatic rings. The molecule has 0 aromatic carbocycles. The first-order valence-electron chi connectivity index (χ1n) is 6.14. The van der Waals surface area contributed by atoms with Crippen LogP contribution in [-0.4, -0.2) is 35.1 Å². The van der Waals surface area contributed by atoms with Crippen molar-refractivity contribution in [3.8, 4) is 0 Å². The summed E-state index contributed by atoms with van der Waals surface area (Å²) < 4.78 is 7.43. The number of ether oxygens (including phenoxy) is 1. The molecule has 0 amide bonds. The molecule has 2 rings (SSSR count). The zero-order valence-electron chi connectivity index (χ0n) is 11.2. The van der Waals surface area contributed by atoms with Crippen molar-refractivity contribution in [1.29, 1.82) is 0 Å². The number of hydrogen-bond acceptors (Lipinski definition) is 4. The molecule has 1 aliphatic rings. The largest absolute Gasteiger partial charge is 0.394 e. The van der Waals surface area contributed by atoms with E-state index in [9.17, 15) is 0 Å². The second-order valence-electron chi connectivity index (χ2n) is 5.18. The van der Waals surface area contributed by atoms with Gasteiger partial charge in [0.1, 0.15) is 0 Å². The molecule has 5 heteroatoms.